The molecular formula is C26H25NO4. The van der Waals surface area contributed by atoms with E-state index >= 15 is 0 Å². The lowest BCUT2D eigenvalue weighted by Gasteiger charge is -2.24. The second-order valence-corrected chi connectivity index (χ2v) is 7.10. The molecule has 0 bridgehead atoms. The molecular weight excluding hydrogens is 390 g/mol. The zero-order valence-corrected chi connectivity index (χ0v) is 17.5. The fraction of sp³-hybridized carbons (Fsp3) is 0.192. The van der Waals surface area contributed by atoms with Crippen LogP contribution in [-0.2, 0) is 4.74 Å². The fourth-order valence-corrected chi connectivity index (χ4v) is 3.31. The van der Waals surface area contributed by atoms with E-state index in [-0.39, 0.29) is 11.6 Å². The van der Waals surface area contributed by atoms with E-state index in [0.717, 1.165) is 5.69 Å². The normalized spacial score (nSPS) is 10.4. The minimum absolute atomic E-state index is 0.0474. The van der Waals surface area contributed by atoms with Crippen LogP contribution in [0.2, 0.25) is 0 Å². The lowest BCUT2D eigenvalue weighted by atomic mass is 10.1. The van der Waals surface area contributed by atoms with Gasteiger partial charge in [0.05, 0.1) is 12.7 Å². The molecule has 0 aliphatic rings. The van der Waals surface area contributed by atoms with Crippen molar-refractivity contribution in [3.8, 4) is 0 Å². The molecule has 0 unspecified atom stereocenters. The quantitative estimate of drug-likeness (QED) is 0.351. The number of hydrogen-bond acceptors (Lipinski definition) is 5. The van der Waals surface area contributed by atoms with Crippen molar-refractivity contribution in [2.45, 2.75) is 12.8 Å². The number of Topliss-reactive ketones (excluding diaryl/α,β-unsaturated/α-hetero) is 2. The Bertz CT molecular complexity index is 959. The van der Waals surface area contributed by atoms with Crippen LogP contribution in [0.3, 0.4) is 0 Å². The van der Waals surface area contributed by atoms with Crippen molar-refractivity contribution in [2.24, 2.45) is 0 Å². The number of anilines is 1. The summed E-state index contributed by atoms with van der Waals surface area (Å²) in [5.74, 6) is -0.311. The molecule has 0 amide bonds. The maximum atomic E-state index is 12.6. The van der Waals surface area contributed by atoms with Crippen molar-refractivity contribution >= 4 is 23.2 Å². The number of benzene rings is 3. The summed E-state index contributed by atoms with van der Waals surface area (Å²) in [4.78, 5) is 38.9. The Hall–Kier alpha value is -3.73. The van der Waals surface area contributed by atoms with Gasteiger partial charge in [0.2, 0.25) is 0 Å². The van der Waals surface area contributed by atoms with Crippen molar-refractivity contribution in [3.63, 3.8) is 0 Å². The minimum atomic E-state index is -0.406. The van der Waals surface area contributed by atoms with E-state index in [1.165, 1.54) is 7.11 Å². The first-order valence-electron chi connectivity index (χ1n) is 10.2. The molecule has 0 heterocycles. The maximum absolute atomic E-state index is 12.6. The van der Waals surface area contributed by atoms with Gasteiger partial charge in [-0.3, -0.25) is 9.59 Å². The molecule has 3 rings (SSSR count). The predicted octanol–water partition coefficient (Wildman–Crippen LogP) is 4.83. The molecule has 0 radical (unpaired) electrons. The first-order valence-corrected chi connectivity index (χ1v) is 10.2. The number of rotatable bonds is 10. The third kappa shape index (κ3) is 6.12. The van der Waals surface area contributed by atoms with Crippen LogP contribution in [0.25, 0.3) is 0 Å². The molecule has 0 atom stereocenters. The Labute approximate surface area is 182 Å². The lowest BCUT2D eigenvalue weighted by molar-refractivity contribution is 0.0600. The summed E-state index contributed by atoms with van der Waals surface area (Å²) >= 11 is 0. The Morgan fingerprint density at radius 3 is 1.52 bits per heavy atom. The third-order valence-corrected chi connectivity index (χ3v) is 5.06. The molecule has 0 saturated carbocycles. The van der Waals surface area contributed by atoms with Gasteiger partial charge >= 0.3 is 5.97 Å². The van der Waals surface area contributed by atoms with E-state index in [9.17, 15) is 14.4 Å². The molecule has 5 heteroatoms. The summed E-state index contributed by atoms with van der Waals surface area (Å²) in [6.45, 7) is 0.931. The summed E-state index contributed by atoms with van der Waals surface area (Å²) in [5, 5.41) is 0. The average Bonchev–Trinajstić information content (AvgIpc) is 2.84. The number of esters is 1. The number of ketones is 2. The third-order valence-electron chi connectivity index (χ3n) is 5.06. The molecule has 0 aliphatic heterocycles. The molecule has 3 aromatic rings. The SMILES string of the molecule is COC(=O)c1ccc(N(CCC(=O)c2ccccc2)CCC(=O)c2ccccc2)cc1. The van der Waals surface area contributed by atoms with Gasteiger partial charge in [-0.15, -0.1) is 0 Å². The number of hydrogen-bond donors (Lipinski definition) is 0. The van der Waals surface area contributed by atoms with Gasteiger partial charge < -0.3 is 9.64 Å². The number of nitrogens with zero attached hydrogens (tertiary/aromatic N) is 1. The van der Waals surface area contributed by atoms with Crippen molar-refractivity contribution in [2.75, 3.05) is 25.1 Å². The minimum Gasteiger partial charge on any atom is -0.465 e. The van der Waals surface area contributed by atoms with Crippen LogP contribution >= 0.6 is 0 Å². The van der Waals surface area contributed by atoms with Crippen LogP contribution < -0.4 is 4.90 Å². The first-order chi connectivity index (χ1) is 15.1. The van der Waals surface area contributed by atoms with Crippen molar-refractivity contribution in [1.82, 2.24) is 0 Å². The Morgan fingerprint density at radius 2 is 1.10 bits per heavy atom. The molecule has 0 N–H and O–H groups in total. The van der Waals surface area contributed by atoms with E-state index in [2.05, 4.69) is 0 Å². The summed E-state index contributed by atoms with van der Waals surface area (Å²) in [6.07, 6.45) is 0.643. The van der Waals surface area contributed by atoms with Gasteiger partial charge in [-0.05, 0) is 24.3 Å². The van der Waals surface area contributed by atoms with E-state index < -0.39 is 5.97 Å². The number of carbonyl (C=O) groups is 3. The maximum Gasteiger partial charge on any atom is 0.337 e. The largest absolute Gasteiger partial charge is 0.465 e. The van der Waals surface area contributed by atoms with Crippen LogP contribution in [0.1, 0.15) is 43.9 Å². The highest BCUT2D eigenvalue weighted by molar-refractivity contribution is 5.97. The van der Waals surface area contributed by atoms with Crippen LogP contribution in [0.5, 0.6) is 0 Å². The molecule has 31 heavy (non-hydrogen) atoms. The molecule has 0 spiro atoms. The van der Waals surface area contributed by atoms with Crippen LogP contribution in [0, 0.1) is 0 Å². The predicted molar refractivity (Wildman–Crippen MR) is 121 cm³/mol. The first kappa shape index (κ1) is 22.0. The van der Waals surface area contributed by atoms with Gasteiger partial charge in [-0.2, -0.15) is 0 Å². The second kappa shape index (κ2) is 10.9. The zero-order valence-electron chi connectivity index (χ0n) is 17.5. The Kier molecular flexibility index (Phi) is 7.71. The van der Waals surface area contributed by atoms with Gasteiger partial charge in [0.15, 0.2) is 11.6 Å². The molecule has 0 aromatic heterocycles. The molecule has 0 fully saturated rings. The van der Waals surface area contributed by atoms with E-state index in [0.29, 0.717) is 42.6 Å². The fourth-order valence-electron chi connectivity index (χ4n) is 3.31. The smallest absolute Gasteiger partial charge is 0.337 e. The Morgan fingerprint density at radius 1 is 0.645 bits per heavy atom. The van der Waals surface area contributed by atoms with Crippen LogP contribution in [0.4, 0.5) is 5.69 Å². The summed E-state index contributed by atoms with van der Waals surface area (Å²) in [5.41, 5.74) is 2.63. The highest BCUT2D eigenvalue weighted by Gasteiger charge is 2.14. The summed E-state index contributed by atoms with van der Waals surface area (Å²) in [6, 6.07) is 25.3. The van der Waals surface area contributed by atoms with Gasteiger partial charge in [0.25, 0.3) is 0 Å². The highest BCUT2D eigenvalue weighted by atomic mass is 16.5. The van der Waals surface area contributed by atoms with E-state index in [1.54, 1.807) is 36.4 Å². The van der Waals surface area contributed by atoms with Gasteiger partial charge in [0.1, 0.15) is 0 Å². The molecule has 5 nitrogen and oxygen atoms in total. The molecule has 3 aromatic carbocycles. The zero-order chi connectivity index (χ0) is 22.1. The second-order valence-electron chi connectivity index (χ2n) is 7.10. The lowest BCUT2D eigenvalue weighted by Crippen LogP contribution is -2.29. The van der Waals surface area contributed by atoms with Crippen molar-refractivity contribution in [3.05, 3.63) is 102 Å². The molecule has 0 saturated heterocycles. The van der Waals surface area contributed by atoms with Gasteiger partial charge in [0, 0.05) is 42.7 Å². The van der Waals surface area contributed by atoms with Gasteiger partial charge in [-0.25, -0.2) is 4.79 Å². The number of carbonyl (C=O) groups excluding carboxylic acids is 3. The van der Waals surface area contributed by atoms with Crippen LogP contribution in [0.15, 0.2) is 84.9 Å². The van der Waals surface area contributed by atoms with Crippen molar-refractivity contribution < 1.29 is 19.1 Å². The van der Waals surface area contributed by atoms with Crippen LogP contribution in [-0.4, -0.2) is 37.7 Å². The topological polar surface area (TPSA) is 63.7 Å². The van der Waals surface area contributed by atoms with E-state index in [1.807, 2.05) is 53.4 Å². The molecule has 158 valence electrons. The molecule has 0 aliphatic carbocycles. The van der Waals surface area contributed by atoms with Crippen molar-refractivity contribution in [1.29, 1.82) is 0 Å². The average molecular weight is 415 g/mol. The Balaban J connectivity index is 1.72. The summed E-state index contributed by atoms with van der Waals surface area (Å²) < 4.78 is 4.75. The number of ether oxygens (including phenoxy) is 1. The monoisotopic (exact) mass is 415 g/mol. The standard InChI is InChI=1S/C26H25NO4/c1-31-26(30)22-12-14-23(15-13-22)27(18-16-24(28)20-8-4-2-5-9-20)19-17-25(29)21-10-6-3-7-11-21/h2-15H,16-19H2,1H3. The highest BCUT2D eigenvalue weighted by Crippen LogP contribution is 2.18. The summed E-state index contributed by atoms with van der Waals surface area (Å²) in [7, 11) is 1.34. The van der Waals surface area contributed by atoms with Gasteiger partial charge in [-0.1, -0.05) is 60.7 Å². The van der Waals surface area contributed by atoms with E-state index in [4.69, 9.17) is 4.74 Å². The number of methoxy groups -OCH3 is 1.